The zero-order valence-electron chi connectivity index (χ0n) is 17.2. The summed E-state index contributed by atoms with van der Waals surface area (Å²) in [6, 6.07) is 3.71. The van der Waals surface area contributed by atoms with Crippen molar-refractivity contribution < 1.29 is 18.7 Å². The molecule has 2 rings (SSSR count). The van der Waals surface area contributed by atoms with Crippen molar-refractivity contribution in [2.45, 2.75) is 59.5 Å². The number of halogens is 1. The van der Waals surface area contributed by atoms with Gasteiger partial charge in [-0.05, 0) is 45.9 Å². The molecule has 1 aromatic carbocycles. The van der Waals surface area contributed by atoms with Crippen LogP contribution in [0.1, 0.15) is 61.9 Å². The van der Waals surface area contributed by atoms with Gasteiger partial charge in [-0.2, -0.15) is 0 Å². The van der Waals surface area contributed by atoms with Crippen LogP contribution >= 0.6 is 11.3 Å². The topological polar surface area (TPSA) is 80.3 Å². The van der Waals surface area contributed by atoms with E-state index in [1.54, 1.807) is 27.7 Å². The fourth-order valence-corrected chi connectivity index (χ4v) is 3.27. The summed E-state index contributed by atoms with van der Waals surface area (Å²) in [7, 11) is 0. The lowest BCUT2D eigenvalue weighted by Gasteiger charge is -2.20. The van der Waals surface area contributed by atoms with Crippen LogP contribution in [0, 0.1) is 12.7 Å². The SMILES string of the molecule is Cc1nc(C(C)(C)C)sc1C(=O)Nc1cc(F)ccc1NC(=O)OC(C)(C)C. The highest BCUT2D eigenvalue weighted by atomic mass is 32.1. The van der Waals surface area contributed by atoms with Crippen molar-refractivity contribution in [2.24, 2.45) is 0 Å². The second-order valence-corrected chi connectivity index (χ2v) is 9.45. The Bertz CT molecular complexity index is 895. The molecule has 6 nitrogen and oxygen atoms in total. The van der Waals surface area contributed by atoms with Crippen LogP contribution in [0.5, 0.6) is 0 Å². The van der Waals surface area contributed by atoms with Gasteiger partial charge < -0.3 is 10.1 Å². The Kier molecular flexibility index (Phi) is 6.13. The van der Waals surface area contributed by atoms with Crippen molar-refractivity contribution in [1.29, 1.82) is 0 Å². The molecule has 2 aromatic rings. The third-order valence-corrected chi connectivity index (χ3v) is 5.09. The number of nitrogens with zero attached hydrogens (tertiary/aromatic N) is 1. The van der Waals surface area contributed by atoms with Crippen LogP contribution in [0.15, 0.2) is 18.2 Å². The van der Waals surface area contributed by atoms with Crippen LogP contribution in [0.3, 0.4) is 0 Å². The number of hydrogen-bond donors (Lipinski definition) is 2. The van der Waals surface area contributed by atoms with Crippen molar-refractivity contribution in [3.05, 3.63) is 39.6 Å². The van der Waals surface area contributed by atoms with E-state index in [9.17, 15) is 14.0 Å². The number of anilines is 2. The predicted molar refractivity (Wildman–Crippen MR) is 110 cm³/mol. The fourth-order valence-electron chi connectivity index (χ4n) is 2.25. The molecule has 0 aliphatic heterocycles. The molecule has 2 N–H and O–H groups in total. The van der Waals surface area contributed by atoms with Gasteiger partial charge in [0.2, 0.25) is 0 Å². The van der Waals surface area contributed by atoms with Gasteiger partial charge in [0.15, 0.2) is 0 Å². The minimum Gasteiger partial charge on any atom is -0.444 e. The van der Waals surface area contributed by atoms with E-state index in [0.717, 1.165) is 11.1 Å². The van der Waals surface area contributed by atoms with Gasteiger partial charge in [-0.3, -0.25) is 10.1 Å². The van der Waals surface area contributed by atoms with E-state index < -0.39 is 23.4 Å². The number of ether oxygens (including phenoxy) is 1. The molecule has 1 heterocycles. The molecule has 28 heavy (non-hydrogen) atoms. The van der Waals surface area contributed by atoms with Crippen LogP contribution < -0.4 is 10.6 Å². The average molecular weight is 408 g/mol. The third kappa shape index (κ3) is 5.76. The summed E-state index contributed by atoms with van der Waals surface area (Å²) < 4.78 is 19.0. The zero-order valence-corrected chi connectivity index (χ0v) is 18.0. The molecule has 0 spiro atoms. The first-order chi connectivity index (χ1) is 12.8. The number of aromatic nitrogens is 1. The molecule has 1 aromatic heterocycles. The molecule has 152 valence electrons. The molecular weight excluding hydrogens is 381 g/mol. The molecule has 0 aliphatic rings. The van der Waals surface area contributed by atoms with Gasteiger partial charge in [0.05, 0.1) is 22.1 Å². The Morgan fingerprint density at radius 3 is 2.25 bits per heavy atom. The van der Waals surface area contributed by atoms with Gasteiger partial charge in [-0.25, -0.2) is 14.2 Å². The molecular formula is C20H26FN3O3S. The maximum absolute atomic E-state index is 13.7. The summed E-state index contributed by atoms with van der Waals surface area (Å²) in [5, 5.41) is 6.04. The van der Waals surface area contributed by atoms with E-state index in [0.29, 0.717) is 10.6 Å². The van der Waals surface area contributed by atoms with E-state index in [-0.39, 0.29) is 16.8 Å². The Hall–Kier alpha value is -2.48. The summed E-state index contributed by atoms with van der Waals surface area (Å²) in [6.45, 7) is 13.0. The monoisotopic (exact) mass is 407 g/mol. The van der Waals surface area contributed by atoms with Gasteiger partial charge >= 0.3 is 6.09 Å². The van der Waals surface area contributed by atoms with Crippen LogP contribution in [0.2, 0.25) is 0 Å². The van der Waals surface area contributed by atoms with Crippen molar-refractivity contribution in [1.82, 2.24) is 4.98 Å². The number of nitrogens with one attached hydrogen (secondary N) is 2. The lowest BCUT2D eigenvalue weighted by molar-refractivity contribution is 0.0635. The highest BCUT2D eigenvalue weighted by Crippen LogP contribution is 2.31. The molecule has 8 heteroatoms. The summed E-state index contributed by atoms with van der Waals surface area (Å²) in [5.74, 6) is -0.954. The second-order valence-electron chi connectivity index (χ2n) is 8.45. The van der Waals surface area contributed by atoms with Crippen molar-refractivity contribution in [3.8, 4) is 0 Å². The van der Waals surface area contributed by atoms with Gasteiger partial charge in [0.25, 0.3) is 5.91 Å². The van der Waals surface area contributed by atoms with E-state index in [4.69, 9.17) is 4.74 Å². The number of aryl methyl sites for hydroxylation is 1. The van der Waals surface area contributed by atoms with Crippen LogP contribution in [-0.4, -0.2) is 22.6 Å². The maximum atomic E-state index is 13.7. The number of carbonyl (C=O) groups excluding carboxylic acids is 2. The smallest absolute Gasteiger partial charge is 0.412 e. The number of carbonyl (C=O) groups is 2. The first-order valence-electron chi connectivity index (χ1n) is 8.85. The van der Waals surface area contributed by atoms with E-state index in [1.165, 1.54) is 23.5 Å². The Morgan fingerprint density at radius 1 is 1.07 bits per heavy atom. The number of benzene rings is 1. The van der Waals surface area contributed by atoms with E-state index in [2.05, 4.69) is 15.6 Å². The van der Waals surface area contributed by atoms with Crippen molar-refractivity contribution in [3.63, 3.8) is 0 Å². The first kappa shape index (κ1) is 21.8. The lowest BCUT2D eigenvalue weighted by Crippen LogP contribution is -2.27. The summed E-state index contributed by atoms with van der Waals surface area (Å²) >= 11 is 1.30. The van der Waals surface area contributed by atoms with Gasteiger partial charge in [0, 0.05) is 5.41 Å². The summed E-state index contributed by atoms with van der Waals surface area (Å²) in [6.07, 6.45) is -0.696. The van der Waals surface area contributed by atoms with Crippen molar-refractivity contribution >= 4 is 34.7 Å². The largest absolute Gasteiger partial charge is 0.444 e. The highest BCUT2D eigenvalue weighted by Gasteiger charge is 2.24. The van der Waals surface area contributed by atoms with Crippen LogP contribution in [0.25, 0.3) is 0 Å². The number of rotatable bonds is 3. The fraction of sp³-hybridized carbons (Fsp3) is 0.450. The average Bonchev–Trinajstić information content (AvgIpc) is 2.90. The molecule has 0 radical (unpaired) electrons. The molecule has 0 aliphatic carbocycles. The highest BCUT2D eigenvalue weighted by molar-refractivity contribution is 7.14. The molecule has 0 saturated heterocycles. The summed E-state index contributed by atoms with van der Waals surface area (Å²) in [5.41, 5.74) is 0.112. The van der Waals surface area contributed by atoms with Gasteiger partial charge in [0.1, 0.15) is 16.3 Å². The quantitative estimate of drug-likeness (QED) is 0.705. The van der Waals surface area contributed by atoms with Gasteiger partial charge in [-0.15, -0.1) is 11.3 Å². The number of thiazole rings is 1. The third-order valence-electron chi connectivity index (χ3n) is 3.51. The Labute approximate surface area is 168 Å². The number of hydrogen-bond acceptors (Lipinski definition) is 5. The Morgan fingerprint density at radius 2 is 1.71 bits per heavy atom. The maximum Gasteiger partial charge on any atom is 0.412 e. The van der Waals surface area contributed by atoms with Crippen LogP contribution in [-0.2, 0) is 10.2 Å². The molecule has 2 amide bonds. The molecule has 0 fully saturated rings. The standard InChI is InChI=1S/C20H26FN3O3S/c1-11-15(28-17(22-11)19(2,3)4)16(25)23-14-10-12(21)8-9-13(14)24-18(26)27-20(5,6)7/h8-10H,1-7H3,(H,23,25)(H,24,26). The van der Waals surface area contributed by atoms with Gasteiger partial charge in [-0.1, -0.05) is 20.8 Å². The number of amides is 2. The van der Waals surface area contributed by atoms with Crippen molar-refractivity contribution in [2.75, 3.05) is 10.6 Å². The minimum absolute atomic E-state index is 0.140. The molecule has 0 saturated carbocycles. The molecule has 0 bridgehead atoms. The molecule has 0 atom stereocenters. The summed E-state index contributed by atoms with van der Waals surface area (Å²) in [4.78, 5) is 29.7. The molecule has 0 unspecified atom stereocenters. The second kappa shape index (κ2) is 7.87. The lowest BCUT2D eigenvalue weighted by atomic mass is 9.98. The normalized spacial score (nSPS) is 11.9. The predicted octanol–water partition coefficient (Wildman–Crippen LogP) is 5.49. The minimum atomic E-state index is -0.696. The van der Waals surface area contributed by atoms with E-state index in [1.807, 2.05) is 20.8 Å². The van der Waals surface area contributed by atoms with Crippen LogP contribution in [0.4, 0.5) is 20.6 Å². The zero-order chi connectivity index (χ0) is 21.3. The Balaban J connectivity index is 2.26. The first-order valence-corrected chi connectivity index (χ1v) is 9.67. The van der Waals surface area contributed by atoms with E-state index >= 15 is 0 Å².